The fraction of sp³-hybridized carbons (Fsp3) is 0.167. The summed E-state index contributed by atoms with van der Waals surface area (Å²) in [7, 11) is 0. The minimum Gasteiger partial charge on any atom is -0.507 e. The van der Waals surface area contributed by atoms with Crippen LogP contribution >= 0.6 is 0 Å². The van der Waals surface area contributed by atoms with E-state index in [9.17, 15) is 9.90 Å². The van der Waals surface area contributed by atoms with Gasteiger partial charge in [0.25, 0.3) is 0 Å². The van der Waals surface area contributed by atoms with Gasteiger partial charge in [-0.05, 0) is 12.0 Å². The summed E-state index contributed by atoms with van der Waals surface area (Å²) in [6, 6.07) is 13.5. The van der Waals surface area contributed by atoms with Crippen LogP contribution in [0, 0.1) is 0 Å². The number of hydrogen-bond donors (Lipinski definition) is 1. The van der Waals surface area contributed by atoms with Crippen molar-refractivity contribution in [3.63, 3.8) is 0 Å². The van der Waals surface area contributed by atoms with Crippen molar-refractivity contribution in [1.29, 1.82) is 0 Å². The minimum absolute atomic E-state index is 0.112. The molecule has 1 aromatic heterocycles. The van der Waals surface area contributed by atoms with Crippen LogP contribution < -0.4 is 10.2 Å². The highest BCUT2D eigenvalue weighted by atomic mass is 16.5. The molecule has 0 spiro atoms. The molecule has 0 bridgehead atoms. The van der Waals surface area contributed by atoms with Gasteiger partial charge in [-0.2, -0.15) is 0 Å². The van der Waals surface area contributed by atoms with Crippen molar-refractivity contribution < 1.29 is 14.3 Å². The quantitative estimate of drug-likeness (QED) is 0.314. The number of aromatic hydroxyl groups is 1. The molecule has 7 heteroatoms. The molecule has 0 unspecified atom stereocenters. The normalized spacial score (nSPS) is 10.4. The first-order chi connectivity index (χ1) is 12.2. The Morgan fingerprint density at radius 2 is 2.00 bits per heavy atom. The molecule has 0 saturated carbocycles. The van der Waals surface area contributed by atoms with Crippen molar-refractivity contribution in [2.24, 2.45) is 5.11 Å². The fourth-order valence-corrected chi connectivity index (χ4v) is 2.44. The molecule has 0 saturated heterocycles. The van der Waals surface area contributed by atoms with Gasteiger partial charge in [0.05, 0.1) is 6.61 Å². The highest BCUT2D eigenvalue weighted by Gasteiger charge is 2.12. The average Bonchev–Trinajstić information content (AvgIpc) is 2.61. The maximum absolute atomic E-state index is 12.3. The average molecular weight is 337 g/mol. The second-order valence-electron chi connectivity index (χ2n) is 5.31. The van der Waals surface area contributed by atoms with Gasteiger partial charge in [-0.15, -0.1) is 0 Å². The molecule has 0 fully saturated rings. The first kappa shape index (κ1) is 16.4. The fourth-order valence-electron chi connectivity index (χ4n) is 2.44. The number of rotatable bonds is 6. The Labute approximate surface area is 142 Å². The zero-order valence-corrected chi connectivity index (χ0v) is 13.3. The molecule has 126 valence electrons. The monoisotopic (exact) mass is 337 g/mol. The molecule has 0 atom stereocenters. The van der Waals surface area contributed by atoms with E-state index in [0.29, 0.717) is 31.1 Å². The van der Waals surface area contributed by atoms with Gasteiger partial charge in [-0.3, -0.25) is 4.79 Å². The van der Waals surface area contributed by atoms with E-state index in [1.165, 1.54) is 12.1 Å². The number of benzene rings is 2. The number of hydrogen-bond acceptors (Lipinski definition) is 5. The van der Waals surface area contributed by atoms with Crippen LogP contribution in [0.4, 0.5) is 0 Å². The number of phenolic OH excluding ortho intramolecular Hbond substituents is 1. The van der Waals surface area contributed by atoms with Crippen LogP contribution in [0.1, 0.15) is 6.42 Å². The van der Waals surface area contributed by atoms with Gasteiger partial charge < -0.3 is 14.3 Å². The summed E-state index contributed by atoms with van der Waals surface area (Å²) in [5.41, 5.74) is 8.91. The molecule has 25 heavy (non-hydrogen) atoms. The molecule has 0 aliphatic carbocycles. The smallest absolute Gasteiger partial charge is 0.197 e. The van der Waals surface area contributed by atoms with Gasteiger partial charge in [-0.1, -0.05) is 35.4 Å². The highest BCUT2D eigenvalue weighted by Crippen LogP contribution is 2.31. The molecule has 3 aromatic rings. The first-order valence-corrected chi connectivity index (χ1v) is 7.69. The van der Waals surface area contributed by atoms with E-state index in [0.717, 1.165) is 5.56 Å². The van der Waals surface area contributed by atoms with Crippen LogP contribution in [-0.2, 0) is 0 Å². The maximum atomic E-state index is 12.3. The van der Waals surface area contributed by atoms with E-state index in [4.69, 9.17) is 14.7 Å². The van der Waals surface area contributed by atoms with Crippen molar-refractivity contribution >= 4 is 11.0 Å². The number of phenols is 1. The predicted octanol–water partition coefficient (Wildman–Crippen LogP) is 4.24. The Morgan fingerprint density at radius 3 is 2.76 bits per heavy atom. The number of ether oxygens (including phenoxy) is 1. The summed E-state index contributed by atoms with van der Waals surface area (Å²) >= 11 is 0. The molecule has 0 aliphatic heterocycles. The molecule has 0 aliphatic rings. The summed E-state index contributed by atoms with van der Waals surface area (Å²) in [5, 5.41) is 13.7. The lowest BCUT2D eigenvalue weighted by atomic mass is 10.1. The van der Waals surface area contributed by atoms with E-state index in [2.05, 4.69) is 10.0 Å². The third kappa shape index (κ3) is 3.73. The second kappa shape index (κ2) is 7.42. The Kier molecular flexibility index (Phi) is 4.87. The Balaban J connectivity index is 1.95. The van der Waals surface area contributed by atoms with Gasteiger partial charge in [-0.25, -0.2) is 0 Å². The lowest BCUT2D eigenvalue weighted by Gasteiger charge is -2.09. The van der Waals surface area contributed by atoms with Gasteiger partial charge >= 0.3 is 0 Å². The molecule has 3 rings (SSSR count). The predicted molar refractivity (Wildman–Crippen MR) is 93.7 cm³/mol. The number of fused-ring (bicyclic) bond motifs is 1. The SMILES string of the molecule is [N-]=[N+]=NCCCOc1cc(O)c2c(=O)cc(-c3ccccc3)oc2c1. The summed E-state index contributed by atoms with van der Waals surface area (Å²) in [6.45, 7) is 0.635. The minimum atomic E-state index is -0.326. The van der Waals surface area contributed by atoms with Crippen LogP contribution in [0.3, 0.4) is 0 Å². The lowest BCUT2D eigenvalue weighted by Crippen LogP contribution is -2.03. The van der Waals surface area contributed by atoms with E-state index in [-0.39, 0.29) is 22.1 Å². The lowest BCUT2D eigenvalue weighted by molar-refractivity contribution is 0.311. The van der Waals surface area contributed by atoms with Crippen molar-refractivity contribution in [3.8, 4) is 22.8 Å². The van der Waals surface area contributed by atoms with Crippen LogP contribution in [0.15, 0.2) is 62.9 Å². The van der Waals surface area contributed by atoms with Crippen molar-refractivity contribution in [2.45, 2.75) is 6.42 Å². The Morgan fingerprint density at radius 1 is 1.20 bits per heavy atom. The van der Waals surface area contributed by atoms with Crippen LogP contribution in [0.5, 0.6) is 11.5 Å². The van der Waals surface area contributed by atoms with Gasteiger partial charge in [0.1, 0.15) is 28.2 Å². The highest BCUT2D eigenvalue weighted by molar-refractivity contribution is 5.86. The molecular weight excluding hydrogens is 322 g/mol. The molecule has 2 aromatic carbocycles. The Bertz CT molecular complexity index is 992. The molecule has 1 N–H and O–H groups in total. The zero-order valence-electron chi connectivity index (χ0n) is 13.3. The largest absolute Gasteiger partial charge is 0.507 e. The van der Waals surface area contributed by atoms with E-state index < -0.39 is 0 Å². The summed E-state index contributed by atoms with van der Waals surface area (Å²) < 4.78 is 11.3. The standard InChI is InChI=1S/C18H15N3O4/c19-21-20-7-4-8-24-13-9-14(22)18-15(23)11-16(25-17(18)10-13)12-5-2-1-3-6-12/h1-3,5-6,9-11,22H,4,7-8H2. The van der Waals surface area contributed by atoms with Crippen molar-refractivity contribution in [3.05, 3.63) is 69.2 Å². The molecule has 1 heterocycles. The molecule has 0 radical (unpaired) electrons. The second-order valence-corrected chi connectivity index (χ2v) is 5.31. The third-order valence-corrected chi connectivity index (χ3v) is 3.58. The van der Waals surface area contributed by atoms with E-state index in [1.807, 2.05) is 30.3 Å². The maximum Gasteiger partial charge on any atom is 0.197 e. The molecule has 0 amide bonds. The molecular formula is C18H15N3O4. The summed E-state index contributed by atoms with van der Waals surface area (Å²) in [5.74, 6) is 0.591. The van der Waals surface area contributed by atoms with Crippen molar-refractivity contribution in [1.82, 2.24) is 0 Å². The summed E-state index contributed by atoms with van der Waals surface area (Å²) in [4.78, 5) is 15.0. The summed E-state index contributed by atoms with van der Waals surface area (Å²) in [6.07, 6.45) is 0.539. The number of nitrogens with zero attached hydrogens (tertiary/aromatic N) is 3. The topological polar surface area (TPSA) is 108 Å². The van der Waals surface area contributed by atoms with Crippen LogP contribution in [0.25, 0.3) is 32.7 Å². The van der Waals surface area contributed by atoms with E-state index >= 15 is 0 Å². The van der Waals surface area contributed by atoms with Gasteiger partial charge in [0.2, 0.25) is 0 Å². The van der Waals surface area contributed by atoms with Crippen LogP contribution in [-0.4, -0.2) is 18.3 Å². The molecule has 7 nitrogen and oxygen atoms in total. The number of azide groups is 1. The van der Waals surface area contributed by atoms with E-state index in [1.54, 1.807) is 6.07 Å². The van der Waals surface area contributed by atoms with Gasteiger partial charge in [0, 0.05) is 35.2 Å². The van der Waals surface area contributed by atoms with Gasteiger partial charge in [0.15, 0.2) is 5.43 Å². The van der Waals surface area contributed by atoms with Crippen molar-refractivity contribution in [2.75, 3.05) is 13.2 Å². The van der Waals surface area contributed by atoms with Crippen LogP contribution in [0.2, 0.25) is 0 Å². The zero-order chi connectivity index (χ0) is 17.6. The Hall–Kier alpha value is -3.44. The third-order valence-electron chi connectivity index (χ3n) is 3.58. The first-order valence-electron chi connectivity index (χ1n) is 7.69.